The second-order valence-electron chi connectivity index (χ2n) is 7.46. The van der Waals surface area contributed by atoms with E-state index >= 15 is 0 Å². The van der Waals surface area contributed by atoms with Crippen molar-refractivity contribution in [2.45, 2.75) is 31.7 Å². The van der Waals surface area contributed by atoms with Gasteiger partial charge in [-0.1, -0.05) is 12.1 Å². The van der Waals surface area contributed by atoms with Crippen molar-refractivity contribution in [2.24, 2.45) is 5.92 Å². The lowest BCUT2D eigenvalue weighted by Gasteiger charge is -2.32. The van der Waals surface area contributed by atoms with Crippen molar-refractivity contribution in [1.29, 1.82) is 0 Å². The van der Waals surface area contributed by atoms with E-state index in [-0.39, 0.29) is 35.8 Å². The zero-order valence-corrected chi connectivity index (χ0v) is 15.9. The maximum atomic E-state index is 12.3. The molecule has 1 aromatic carbocycles. The van der Waals surface area contributed by atoms with Crippen LogP contribution in [0.25, 0.3) is 0 Å². The van der Waals surface area contributed by atoms with Crippen molar-refractivity contribution in [1.82, 2.24) is 15.5 Å². The Balaban J connectivity index is 1.46. The van der Waals surface area contributed by atoms with Gasteiger partial charge in [0.1, 0.15) is 5.69 Å². The Kier molecular flexibility index (Phi) is 6.94. The number of nitro benzene ring substituents is 1. The van der Waals surface area contributed by atoms with Crippen LogP contribution in [0.1, 0.15) is 25.7 Å². The number of hydrogen-bond acceptors (Lipinski definition) is 6. The van der Waals surface area contributed by atoms with Crippen LogP contribution in [0.5, 0.6) is 0 Å². The largest absolute Gasteiger partial charge is 0.354 e. The molecule has 3 rings (SSSR count). The summed E-state index contributed by atoms with van der Waals surface area (Å²) in [4.78, 5) is 37.1. The highest BCUT2D eigenvalue weighted by atomic mass is 16.6. The number of nitrogens with one attached hydrogen (secondary N) is 3. The summed E-state index contributed by atoms with van der Waals surface area (Å²) in [5, 5.41) is 19.9. The van der Waals surface area contributed by atoms with E-state index < -0.39 is 4.92 Å². The molecule has 3 N–H and O–H groups in total. The number of likely N-dealkylation sites (tertiary alicyclic amines) is 1. The van der Waals surface area contributed by atoms with E-state index in [9.17, 15) is 19.7 Å². The molecule has 28 heavy (non-hydrogen) atoms. The van der Waals surface area contributed by atoms with E-state index in [1.165, 1.54) is 12.1 Å². The summed E-state index contributed by atoms with van der Waals surface area (Å²) in [6.45, 7) is 3.21. The van der Waals surface area contributed by atoms with Gasteiger partial charge >= 0.3 is 0 Å². The number of para-hydroxylation sites is 2. The van der Waals surface area contributed by atoms with Crippen LogP contribution in [0.2, 0.25) is 0 Å². The van der Waals surface area contributed by atoms with Gasteiger partial charge in [-0.25, -0.2) is 0 Å². The highest BCUT2D eigenvalue weighted by Crippen LogP contribution is 2.23. The molecule has 1 aromatic rings. The maximum absolute atomic E-state index is 12.3. The molecule has 0 bridgehead atoms. The third-order valence-electron chi connectivity index (χ3n) is 5.29. The zero-order chi connectivity index (χ0) is 19.9. The number of amides is 2. The molecule has 0 radical (unpaired) electrons. The molecule has 0 saturated carbocycles. The van der Waals surface area contributed by atoms with Crippen LogP contribution in [0.15, 0.2) is 24.3 Å². The lowest BCUT2D eigenvalue weighted by molar-refractivity contribution is -0.383. The Hall–Kier alpha value is -2.52. The second-order valence-corrected chi connectivity index (χ2v) is 7.46. The molecule has 0 spiro atoms. The predicted molar refractivity (Wildman–Crippen MR) is 105 cm³/mol. The molecular formula is C19H27N5O4. The van der Waals surface area contributed by atoms with Crippen LogP contribution < -0.4 is 16.0 Å². The van der Waals surface area contributed by atoms with Gasteiger partial charge < -0.3 is 16.0 Å². The molecule has 2 fully saturated rings. The first-order chi connectivity index (χ1) is 13.5. The number of rotatable bonds is 7. The van der Waals surface area contributed by atoms with E-state index in [0.29, 0.717) is 12.5 Å². The van der Waals surface area contributed by atoms with Crippen LogP contribution in [0, 0.1) is 16.0 Å². The van der Waals surface area contributed by atoms with Crippen molar-refractivity contribution in [3.63, 3.8) is 0 Å². The van der Waals surface area contributed by atoms with Gasteiger partial charge in [-0.3, -0.25) is 24.6 Å². The molecule has 2 saturated heterocycles. The summed E-state index contributed by atoms with van der Waals surface area (Å²) in [6.07, 6.45) is 3.89. The van der Waals surface area contributed by atoms with Crippen LogP contribution >= 0.6 is 0 Å². The molecule has 2 unspecified atom stereocenters. The molecule has 2 aliphatic rings. The number of carbonyl (C=O) groups is 2. The molecule has 2 heterocycles. The minimum atomic E-state index is -0.506. The van der Waals surface area contributed by atoms with Crippen molar-refractivity contribution in [3.05, 3.63) is 34.4 Å². The number of carbonyl (C=O) groups excluding carboxylic acids is 2. The van der Waals surface area contributed by atoms with Crippen molar-refractivity contribution in [2.75, 3.05) is 38.0 Å². The molecule has 0 aliphatic carbocycles. The van der Waals surface area contributed by atoms with E-state index in [2.05, 4.69) is 16.0 Å². The number of anilines is 1. The fraction of sp³-hybridized carbons (Fsp3) is 0.579. The Bertz CT molecular complexity index is 720. The maximum Gasteiger partial charge on any atom is 0.292 e. The highest BCUT2D eigenvalue weighted by Gasteiger charge is 2.25. The summed E-state index contributed by atoms with van der Waals surface area (Å²) in [7, 11) is 0. The molecular weight excluding hydrogens is 362 g/mol. The van der Waals surface area contributed by atoms with Crippen molar-refractivity contribution >= 4 is 23.2 Å². The number of nitro groups is 1. The SMILES string of the molecule is O=C(CN1CCCC(CNC(=O)C2CCCN2)C1)Nc1ccccc1[N+](=O)[O-]. The average molecular weight is 389 g/mol. The summed E-state index contributed by atoms with van der Waals surface area (Å²) in [5.41, 5.74) is 0.0954. The number of piperidine rings is 1. The quantitative estimate of drug-likeness (QED) is 0.475. The molecule has 9 heteroatoms. The lowest BCUT2D eigenvalue weighted by Crippen LogP contribution is -2.46. The smallest absolute Gasteiger partial charge is 0.292 e. The normalized spacial score (nSPS) is 22.6. The minimum Gasteiger partial charge on any atom is -0.354 e. The molecule has 0 aromatic heterocycles. The monoisotopic (exact) mass is 389 g/mol. The summed E-state index contributed by atoms with van der Waals surface area (Å²) in [6, 6.07) is 6.04. The first kappa shape index (κ1) is 20.2. The summed E-state index contributed by atoms with van der Waals surface area (Å²) < 4.78 is 0. The van der Waals surface area contributed by atoms with E-state index in [0.717, 1.165) is 45.3 Å². The van der Waals surface area contributed by atoms with E-state index in [1.807, 2.05) is 4.90 Å². The summed E-state index contributed by atoms with van der Waals surface area (Å²) in [5.74, 6) is 0.0934. The number of benzene rings is 1. The Morgan fingerprint density at radius 3 is 2.82 bits per heavy atom. The van der Waals surface area contributed by atoms with Gasteiger partial charge in [-0.15, -0.1) is 0 Å². The number of nitrogens with zero attached hydrogens (tertiary/aromatic N) is 2. The summed E-state index contributed by atoms with van der Waals surface area (Å²) >= 11 is 0. The van der Waals surface area contributed by atoms with E-state index in [4.69, 9.17) is 0 Å². The van der Waals surface area contributed by atoms with Crippen molar-refractivity contribution < 1.29 is 14.5 Å². The standard InChI is InChI=1S/C19H27N5O4/c25-18(22-15-6-1-2-8-17(15)24(27)28)13-23-10-4-5-14(12-23)11-21-19(26)16-7-3-9-20-16/h1-2,6,8,14,16,20H,3-5,7,9-13H2,(H,21,26)(H,22,25). The fourth-order valence-electron chi connectivity index (χ4n) is 3.87. The third kappa shape index (κ3) is 5.49. The third-order valence-corrected chi connectivity index (χ3v) is 5.29. The first-order valence-corrected chi connectivity index (χ1v) is 9.79. The average Bonchev–Trinajstić information content (AvgIpc) is 3.21. The lowest BCUT2D eigenvalue weighted by atomic mass is 9.98. The Morgan fingerprint density at radius 1 is 1.25 bits per heavy atom. The zero-order valence-electron chi connectivity index (χ0n) is 15.9. The van der Waals surface area contributed by atoms with Gasteiger partial charge in [0.2, 0.25) is 11.8 Å². The molecule has 9 nitrogen and oxygen atoms in total. The molecule has 2 amide bonds. The van der Waals surface area contributed by atoms with E-state index in [1.54, 1.807) is 12.1 Å². The van der Waals surface area contributed by atoms with Gasteiger partial charge in [-0.05, 0) is 50.8 Å². The molecule has 152 valence electrons. The van der Waals surface area contributed by atoms with Crippen LogP contribution in [0.4, 0.5) is 11.4 Å². The first-order valence-electron chi connectivity index (χ1n) is 9.79. The molecule has 2 atom stereocenters. The van der Waals surface area contributed by atoms with Crippen LogP contribution in [-0.2, 0) is 9.59 Å². The number of hydrogen-bond donors (Lipinski definition) is 3. The van der Waals surface area contributed by atoms with Crippen LogP contribution in [-0.4, -0.2) is 60.4 Å². The minimum absolute atomic E-state index is 0.0590. The Labute approximate surface area is 164 Å². The Morgan fingerprint density at radius 2 is 2.07 bits per heavy atom. The van der Waals surface area contributed by atoms with Gasteiger partial charge in [0.15, 0.2) is 0 Å². The predicted octanol–water partition coefficient (Wildman–Crippen LogP) is 1.11. The second kappa shape index (κ2) is 9.61. The molecule has 2 aliphatic heterocycles. The van der Waals surface area contributed by atoms with Gasteiger partial charge in [-0.2, -0.15) is 0 Å². The van der Waals surface area contributed by atoms with Crippen LogP contribution in [0.3, 0.4) is 0 Å². The van der Waals surface area contributed by atoms with Gasteiger partial charge in [0.25, 0.3) is 5.69 Å². The van der Waals surface area contributed by atoms with Gasteiger partial charge in [0, 0.05) is 19.2 Å². The topological polar surface area (TPSA) is 117 Å². The fourth-order valence-corrected chi connectivity index (χ4v) is 3.87. The van der Waals surface area contributed by atoms with Gasteiger partial charge in [0.05, 0.1) is 17.5 Å². The van der Waals surface area contributed by atoms with Crippen molar-refractivity contribution in [3.8, 4) is 0 Å². The highest BCUT2D eigenvalue weighted by molar-refractivity contribution is 5.94.